The number of ether oxygens (including phenoxy) is 3. The summed E-state index contributed by atoms with van der Waals surface area (Å²) in [6.45, 7) is 3.76. The number of Topliss-reactive ketones (excluding diaryl/α,β-unsaturated/α-hetero) is 1. The second-order valence-electron chi connectivity index (χ2n) is 4.79. The molecule has 0 unspecified atom stereocenters. The van der Waals surface area contributed by atoms with E-state index in [4.69, 9.17) is 14.2 Å². The summed E-state index contributed by atoms with van der Waals surface area (Å²) in [5.74, 6) is 1.81. The van der Waals surface area contributed by atoms with Crippen molar-refractivity contribution in [2.75, 3.05) is 26.9 Å². The normalized spacial score (nSPS) is 16.1. The Labute approximate surface area is 113 Å². The standard InChI is InChI=1S/C15H20O4/c1-11(16)14-4-3-13(17-2)9-15(14)19-10-12-5-7-18-8-6-12/h3-4,9,12H,5-8,10H2,1-2H3. The molecule has 2 rings (SSSR count). The first-order chi connectivity index (χ1) is 9.20. The molecule has 0 N–H and O–H groups in total. The van der Waals surface area contributed by atoms with Crippen LogP contribution in [0.5, 0.6) is 11.5 Å². The van der Waals surface area contributed by atoms with Crippen molar-refractivity contribution in [1.82, 2.24) is 0 Å². The van der Waals surface area contributed by atoms with Crippen molar-refractivity contribution in [2.45, 2.75) is 19.8 Å². The number of hydrogen-bond donors (Lipinski definition) is 0. The summed E-state index contributed by atoms with van der Waals surface area (Å²) >= 11 is 0. The van der Waals surface area contributed by atoms with Crippen LogP contribution in [-0.2, 0) is 4.74 Å². The number of benzene rings is 1. The van der Waals surface area contributed by atoms with E-state index in [9.17, 15) is 4.79 Å². The lowest BCUT2D eigenvalue weighted by molar-refractivity contribution is 0.0495. The molecule has 1 fully saturated rings. The predicted molar refractivity (Wildman–Crippen MR) is 72.0 cm³/mol. The van der Waals surface area contributed by atoms with E-state index in [1.807, 2.05) is 0 Å². The van der Waals surface area contributed by atoms with Gasteiger partial charge >= 0.3 is 0 Å². The quantitative estimate of drug-likeness (QED) is 0.767. The predicted octanol–water partition coefficient (Wildman–Crippen LogP) is 2.70. The summed E-state index contributed by atoms with van der Waals surface area (Å²) in [4.78, 5) is 11.6. The molecule has 0 spiro atoms. The zero-order valence-electron chi connectivity index (χ0n) is 11.5. The largest absolute Gasteiger partial charge is 0.497 e. The summed E-state index contributed by atoms with van der Waals surface area (Å²) < 4.78 is 16.3. The molecule has 1 aromatic rings. The van der Waals surface area contributed by atoms with Crippen LogP contribution in [-0.4, -0.2) is 32.7 Å². The molecule has 0 atom stereocenters. The molecule has 19 heavy (non-hydrogen) atoms. The van der Waals surface area contributed by atoms with Crippen molar-refractivity contribution >= 4 is 5.78 Å². The zero-order valence-corrected chi connectivity index (χ0v) is 11.5. The first kappa shape index (κ1) is 13.9. The summed E-state index contributed by atoms with van der Waals surface area (Å²) in [6, 6.07) is 5.30. The molecule has 4 heteroatoms. The third-order valence-corrected chi connectivity index (χ3v) is 3.38. The fraction of sp³-hybridized carbons (Fsp3) is 0.533. The summed E-state index contributed by atoms with van der Waals surface area (Å²) in [5, 5.41) is 0. The Balaban J connectivity index is 2.06. The maximum atomic E-state index is 11.6. The van der Waals surface area contributed by atoms with Crippen LogP contribution in [0.1, 0.15) is 30.1 Å². The number of carbonyl (C=O) groups is 1. The van der Waals surface area contributed by atoms with Crippen molar-refractivity contribution in [3.63, 3.8) is 0 Å². The summed E-state index contributed by atoms with van der Waals surface area (Å²) in [7, 11) is 1.60. The highest BCUT2D eigenvalue weighted by molar-refractivity contribution is 5.97. The minimum absolute atomic E-state index is 0.00429. The van der Waals surface area contributed by atoms with Crippen LogP contribution in [0.15, 0.2) is 18.2 Å². The van der Waals surface area contributed by atoms with Crippen molar-refractivity contribution in [2.24, 2.45) is 5.92 Å². The Morgan fingerprint density at radius 2 is 2.11 bits per heavy atom. The zero-order chi connectivity index (χ0) is 13.7. The van der Waals surface area contributed by atoms with Crippen molar-refractivity contribution in [1.29, 1.82) is 0 Å². The van der Waals surface area contributed by atoms with Crippen LogP contribution >= 0.6 is 0 Å². The van der Waals surface area contributed by atoms with E-state index in [0.717, 1.165) is 26.1 Å². The van der Waals surface area contributed by atoms with E-state index in [0.29, 0.717) is 29.6 Å². The van der Waals surface area contributed by atoms with Gasteiger partial charge in [-0.1, -0.05) is 0 Å². The van der Waals surface area contributed by atoms with E-state index in [2.05, 4.69) is 0 Å². The van der Waals surface area contributed by atoms with Crippen LogP contribution in [0.3, 0.4) is 0 Å². The van der Waals surface area contributed by atoms with Gasteiger partial charge in [-0.2, -0.15) is 0 Å². The maximum Gasteiger partial charge on any atom is 0.163 e. The highest BCUT2D eigenvalue weighted by Crippen LogP contribution is 2.26. The van der Waals surface area contributed by atoms with E-state index >= 15 is 0 Å². The Kier molecular flexibility index (Phi) is 4.80. The fourth-order valence-electron chi connectivity index (χ4n) is 2.16. The lowest BCUT2D eigenvalue weighted by Gasteiger charge is -2.22. The van der Waals surface area contributed by atoms with Gasteiger partial charge in [-0.3, -0.25) is 4.79 Å². The average molecular weight is 264 g/mol. The summed E-state index contributed by atoms with van der Waals surface area (Å²) in [5.41, 5.74) is 0.604. The van der Waals surface area contributed by atoms with Gasteiger partial charge in [0, 0.05) is 19.3 Å². The van der Waals surface area contributed by atoms with Gasteiger partial charge in [0.25, 0.3) is 0 Å². The van der Waals surface area contributed by atoms with Crippen LogP contribution in [0.2, 0.25) is 0 Å². The van der Waals surface area contributed by atoms with Gasteiger partial charge in [0.15, 0.2) is 5.78 Å². The molecule has 0 bridgehead atoms. The second-order valence-corrected chi connectivity index (χ2v) is 4.79. The molecule has 1 aromatic carbocycles. The van der Waals surface area contributed by atoms with Crippen molar-refractivity contribution < 1.29 is 19.0 Å². The number of ketones is 1. The van der Waals surface area contributed by atoms with E-state index in [-0.39, 0.29) is 5.78 Å². The molecule has 1 aliphatic rings. The van der Waals surface area contributed by atoms with Crippen molar-refractivity contribution in [3.8, 4) is 11.5 Å². The minimum atomic E-state index is 0.00429. The first-order valence-corrected chi connectivity index (χ1v) is 6.60. The first-order valence-electron chi connectivity index (χ1n) is 6.60. The fourth-order valence-corrected chi connectivity index (χ4v) is 2.16. The summed E-state index contributed by atoms with van der Waals surface area (Å²) in [6.07, 6.45) is 2.03. The molecule has 4 nitrogen and oxygen atoms in total. The minimum Gasteiger partial charge on any atom is -0.497 e. The molecule has 0 radical (unpaired) electrons. The topological polar surface area (TPSA) is 44.8 Å². The molecular weight excluding hydrogens is 244 g/mol. The molecule has 0 amide bonds. The third-order valence-electron chi connectivity index (χ3n) is 3.38. The third kappa shape index (κ3) is 3.70. The van der Waals surface area contributed by atoms with Crippen LogP contribution in [0, 0.1) is 5.92 Å². The van der Waals surface area contributed by atoms with Gasteiger partial charge in [0.2, 0.25) is 0 Å². The van der Waals surface area contributed by atoms with Crippen molar-refractivity contribution in [3.05, 3.63) is 23.8 Å². The lowest BCUT2D eigenvalue weighted by atomic mass is 10.0. The van der Waals surface area contributed by atoms with Crippen LogP contribution in [0.4, 0.5) is 0 Å². The molecule has 104 valence electrons. The van der Waals surface area contributed by atoms with Crippen LogP contribution in [0.25, 0.3) is 0 Å². The van der Waals surface area contributed by atoms with E-state index < -0.39 is 0 Å². The Morgan fingerprint density at radius 3 is 2.74 bits per heavy atom. The SMILES string of the molecule is COc1ccc(C(C)=O)c(OCC2CCOCC2)c1. The Bertz CT molecular complexity index is 436. The Hall–Kier alpha value is -1.55. The van der Waals surface area contributed by atoms with E-state index in [1.54, 1.807) is 32.2 Å². The number of rotatable bonds is 5. The Morgan fingerprint density at radius 1 is 1.37 bits per heavy atom. The highest BCUT2D eigenvalue weighted by atomic mass is 16.5. The monoisotopic (exact) mass is 264 g/mol. The number of hydrogen-bond acceptors (Lipinski definition) is 4. The van der Waals surface area contributed by atoms with Gasteiger partial charge in [-0.15, -0.1) is 0 Å². The highest BCUT2D eigenvalue weighted by Gasteiger charge is 2.16. The molecule has 1 aliphatic heterocycles. The van der Waals surface area contributed by atoms with Gasteiger partial charge in [-0.25, -0.2) is 0 Å². The maximum absolute atomic E-state index is 11.6. The molecule has 1 heterocycles. The number of methoxy groups -OCH3 is 1. The molecule has 1 saturated heterocycles. The number of carbonyl (C=O) groups excluding carboxylic acids is 1. The van der Waals surface area contributed by atoms with E-state index in [1.165, 1.54) is 0 Å². The average Bonchev–Trinajstić information content (AvgIpc) is 2.45. The molecular formula is C15H20O4. The van der Waals surface area contributed by atoms with Gasteiger partial charge in [-0.05, 0) is 37.8 Å². The molecule has 0 saturated carbocycles. The second kappa shape index (κ2) is 6.57. The van der Waals surface area contributed by atoms with Gasteiger partial charge in [0.1, 0.15) is 11.5 Å². The smallest absolute Gasteiger partial charge is 0.163 e. The van der Waals surface area contributed by atoms with Gasteiger partial charge in [0.05, 0.1) is 19.3 Å². The van der Waals surface area contributed by atoms with Crippen LogP contribution < -0.4 is 9.47 Å². The van der Waals surface area contributed by atoms with Gasteiger partial charge < -0.3 is 14.2 Å². The lowest BCUT2D eigenvalue weighted by Crippen LogP contribution is -2.21. The molecule has 0 aliphatic carbocycles. The molecule has 0 aromatic heterocycles.